The van der Waals surface area contributed by atoms with Crippen LogP contribution < -0.4 is 15.8 Å². The van der Waals surface area contributed by atoms with Crippen molar-refractivity contribution in [1.29, 1.82) is 0 Å². The lowest BCUT2D eigenvalue weighted by molar-refractivity contribution is 0.414. The van der Waals surface area contributed by atoms with E-state index in [0.717, 1.165) is 33.6 Å². The average Bonchev–Trinajstić information content (AvgIpc) is 2.51. The monoisotopic (exact) mass is 279 g/mol. The second-order valence-corrected chi connectivity index (χ2v) is 4.91. The van der Waals surface area contributed by atoms with Crippen LogP contribution in [-0.4, -0.2) is 12.1 Å². The van der Waals surface area contributed by atoms with Gasteiger partial charge in [0.25, 0.3) is 0 Å². The van der Waals surface area contributed by atoms with Gasteiger partial charge in [0.1, 0.15) is 5.75 Å². The first kappa shape index (κ1) is 13.2. The van der Waals surface area contributed by atoms with E-state index in [1.807, 2.05) is 49.4 Å². The molecule has 0 saturated carbocycles. The zero-order valence-electron chi connectivity index (χ0n) is 12.1. The molecule has 0 aliphatic heterocycles. The van der Waals surface area contributed by atoms with Gasteiger partial charge in [-0.25, -0.2) is 0 Å². The number of anilines is 3. The summed E-state index contributed by atoms with van der Waals surface area (Å²) >= 11 is 0. The highest BCUT2D eigenvalue weighted by molar-refractivity contribution is 5.98. The summed E-state index contributed by atoms with van der Waals surface area (Å²) in [6.07, 6.45) is 1.68. The van der Waals surface area contributed by atoms with Crippen LogP contribution in [0.1, 0.15) is 5.56 Å². The third-order valence-corrected chi connectivity index (χ3v) is 3.50. The number of aryl methyl sites for hydroxylation is 1. The van der Waals surface area contributed by atoms with Crippen molar-refractivity contribution < 1.29 is 4.74 Å². The van der Waals surface area contributed by atoms with Crippen molar-refractivity contribution in [2.75, 3.05) is 18.2 Å². The Morgan fingerprint density at radius 3 is 2.71 bits per heavy atom. The molecule has 4 nitrogen and oxygen atoms in total. The highest BCUT2D eigenvalue weighted by Crippen LogP contribution is 2.32. The van der Waals surface area contributed by atoms with Crippen molar-refractivity contribution in [3.05, 3.63) is 54.2 Å². The van der Waals surface area contributed by atoms with E-state index in [1.165, 1.54) is 0 Å². The molecule has 3 aromatic rings. The van der Waals surface area contributed by atoms with Crippen LogP contribution in [0.2, 0.25) is 0 Å². The highest BCUT2D eigenvalue weighted by atomic mass is 16.5. The molecule has 1 heterocycles. The molecule has 0 aliphatic carbocycles. The van der Waals surface area contributed by atoms with Crippen molar-refractivity contribution >= 4 is 28.0 Å². The van der Waals surface area contributed by atoms with Gasteiger partial charge < -0.3 is 15.8 Å². The largest absolute Gasteiger partial charge is 0.497 e. The average molecular weight is 279 g/mol. The molecular weight excluding hydrogens is 262 g/mol. The summed E-state index contributed by atoms with van der Waals surface area (Å²) in [6.45, 7) is 2.03. The zero-order chi connectivity index (χ0) is 14.8. The molecule has 106 valence electrons. The van der Waals surface area contributed by atoms with Gasteiger partial charge in [0.2, 0.25) is 0 Å². The summed E-state index contributed by atoms with van der Waals surface area (Å²) in [7, 11) is 1.66. The van der Waals surface area contributed by atoms with Gasteiger partial charge >= 0.3 is 0 Å². The fourth-order valence-corrected chi connectivity index (χ4v) is 2.33. The Morgan fingerprint density at radius 2 is 1.95 bits per heavy atom. The van der Waals surface area contributed by atoms with E-state index in [-0.39, 0.29) is 0 Å². The maximum atomic E-state index is 6.09. The molecule has 0 saturated heterocycles. The number of para-hydroxylation sites is 1. The molecule has 4 heteroatoms. The van der Waals surface area contributed by atoms with Crippen molar-refractivity contribution in [3.8, 4) is 5.75 Å². The quantitative estimate of drug-likeness (QED) is 0.764. The summed E-state index contributed by atoms with van der Waals surface area (Å²) in [5.74, 6) is 0.839. The third kappa shape index (κ3) is 2.48. The first-order chi connectivity index (χ1) is 10.2. The molecule has 1 aromatic heterocycles. The first-order valence-corrected chi connectivity index (χ1v) is 6.74. The number of nitrogens with two attached hydrogens (primary N) is 1. The number of nitrogen functional groups attached to an aromatic ring is 1. The van der Waals surface area contributed by atoms with Crippen LogP contribution in [0.5, 0.6) is 5.75 Å². The van der Waals surface area contributed by atoms with Crippen LogP contribution in [0.25, 0.3) is 10.9 Å². The Labute approximate surface area is 123 Å². The number of aromatic nitrogens is 1. The van der Waals surface area contributed by atoms with Crippen molar-refractivity contribution in [1.82, 2.24) is 4.98 Å². The molecule has 3 N–H and O–H groups in total. The van der Waals surface area contributed by atoms with Crippen LogP contribution in [0.3, 0.4) is 0 Å². The van der Waals surface area contributed by atoms with Crippen molar-refractivity contribution in [2.45, 2.75) is 6.92 Å². The molecule has 3 rings (SSSR count). The Kier molecular flexibility index (Phi) is 3.36. The molecule has 0 unspecified atom stereocenters. The van der Waals surface area contributed by atoms with Gasteiger partial charge in [-0.2, -0.15) is 0 Å². The molecule has 0 bridgehead atoms. The topological polar surface area (TPSA) is 60.2 Å². The van der Waals surface area contributed by atoms with Gasteiger partial charge in [0.05, 0.1) is 30.2 Å². The number of rotatable bonds is 3. The number of methoxy groups -OCH3 is 1. The number of hydrogen-bond acceptors (Lipinski definition) is 4. The highest BCUT2D eigenvalue weighted by Gasteiger charge is 2.08. The number of benzene rings is 2. The lowest BCUT2D eigenvalue weighted by atomic mass is 10.1. The Balaban J connectivity index is 2.07. The SMILES string of the molecule is COc1ccc(Nc2c(N)cnc3ccccc23)c(C)c1. The molecule has 0 spiro atoms. The number of ether oxygens (including phenoxy) is 1. The van der Waals surface area contributed by atoms with E-state index >= 15 is 0 Å². The Bertz CT molecular complexity index is 799. The molecule has 2 aromatic carbocycles. The van der Waals surface area contributed by atoms with Gasteiger partial charge in [-0.15, -0.1) is 0 Å². The molecule has 0 atom stereocenters. The molecule has 0 radical (unpaired) electrons. The van der Waals surface area contributed by atoms with Crippen LogP contribution >= 0.6 is 0 Å². The molecular formula is C17H17N3O. The van der Waals surface area contributed by atoms with Crippen LogP contribution in [0.15, 0.2) is 48.7 Å². The standard InChI is InChI=1S/C17H17N3O/c1-11-9-12(21-2)7-8-15(11)20-17-13-5-3-4-6-16(13)19-10-14(17)18/h3-10H,18H2,1-2H3,(H,19,20). The maximum Gasteiger partial charge on any atom is 0.119 e. The minimum atomic E-state index is 0.629. The number of nitrogens with zero attached hydrogens (tertiary/aromatic N) is 1. The van der Waals surface area contributed by atoms with Crippen molar-refractivity contribution in [3.63, 3.8) is 0 Å². The summed E-state index contributed by atoms with van der Waals surface area (Å²) < 4.78 is 5.23. The second-order valence-electron chi connectivity index (χ2n) is 4.91. The van der Waals surface area contributed by atoms with Gasteiger partial charge in [-0.05, 0) is 36.8 Å². The molecule has 0 aliphatic rings. The first-order valence-electron chi connectivity index (χ1n) is 6.74. The van der Waals surface area contributed by atoms with Crippen LogP contribution in [0.4, 0.5) is 17.1 Å². The molecule has 0 fully saturated rings. The number of pyridine rings is 1. The van der Waals surface area contributed by atoms with Gasteiger partial charge in [0.15, 0.2) is 0 Å². The van der Waals surface area contributed by atoms with Gasteiger partial charge in [-0.1, -0.05) is 18.2 Å². The van der Waals surface area contributed by atoms with E-state index in [1.54, 1.807) is 13.3 Å². The number of hydrogen-bond donors (Lipinski definition) is 2. The predicted molar refractivity (Wildman–Crippen MR) is 87.2 cm³/mol. The lowest BCUT2D eigenvalue weighted by Gasteiger charge is -2.14. The minimum absolute atomic E-state index is 0.629. The Morgan fingerprint density at radius 1 is 1.14 bits per heavy atom. The summed E-state index contributed by atoms with van der Waals surface area (Å²) in [6, 6.07) is 13.8. The number of nitrogens with one attached hydrogen (secondary N) is 1. The Hall–Kier alpha value is -2.75. The van der Waals surface area contributed by atoms with Gasteiger partial charge in [0, 0.05) is 11.1 Å². The van der Waals surface area contributed by atoms with Crippen molar-refractivity contribution in [2.24, 2.45) is 0 Å². The second kappa shape index (κ2) is 5.32. The maximum absolute atomic E-state index is 6.09. The minimum Gasteiger partial charge on any atom is -0.497 e. The third-order valence-electron chi connectivity index (χ3n) is 3.50. The van der Waals surface area contributed by atoms with E-state index in [4.69, 9.17) is 10.5 Å². The van der Waals surface area contributed by atoms with E-state index in [2.05, 4.69) is 10.3 Å². The van der Waals surface area contributed by atoms with Crippen LogP contribution in [0, 0.1) is 6.92 Å². The smallest absolute Gasteiger partial charge is 0.119 e. The van der Waals surface area contributed by atoms with E-state index in [0.29, 0.717) is 5.69 Å². The van der Waals surface area contributed by atoms with E-state index < -0.39 is 0 Å². The summed E-state index contributed by atoms with van der Waals surface area (Å²) in [4.78, 5) is 4.35. The lowest BCUT2D eigenvalue weighted by Crippen LogP contribution is -2.00. The summed E-state index contributed by atoms with van der Waals surface area (Å²) in [5.41, 5.74) is 10.6. The zero-order valence-corrected chi connectivity index (χ0v) is 12.1. The van der Waals surface area contributed by atoms with Crippen LogP contribution in [-0.2, 0) is 0 Å². The normalized spacial score (nSPS) is 10.6. The fourth-order valence-electron chi connectivity index (χ4n) is 2.33. The van der Waals surface area contributed by atoms with Gasteiger partial charge in [-0.3, -0.25) is 4.98 Å². The predicted octanol–water partition coefficient (Wildman–Crippen LogP) is 3.88. The number of fused-ring (bicyclic) bond motifs is 1. The van der Waals surface area contributed by atoms with E-state index in [9.17, 15) is 0 Å². The molecule has 21 heavy (non-hydrogen) atoms. The fraction of sp³-hybridized carbons (Fsp3) is 0.118. The molecule has 0 amide bonds. The summed E-state index contributed by atoms with van der Waals surface area (Å²) in [5, 5.41) is 4.42.